The molecule has 1 aromatic carbocycles. The van der Waals surface area contributed by atoms with Crippen LogP contribution in [0.5, 0.6) is 0 Å². The molecule has 0 amide bonds. The van der Waals surface area contributed by atoms with Gasteiger partial charge in [-0.15, -0.1) is 0 Å². The summed E-state index contributed by atoms with van der Waals surface area (Å²) in [5.74, 6) is 0.966. The number of ether oxygens (including phenoxy) is 1. The minimum absolute atomic E-state index is 0.0168. The van der Waals surface area contributed by atoms with Gasteiger partial charge in [-0.3, -0.25) is 13.7 Å². The Bertz CT molecular complexity index is 1950. The molecular weight excluding hydrogens is 620 g/mol. The van der Waals surface area contributed by atoms with E-state index in [2.05, 4.69) is 24.8 Å². The third-order valence-corrected chi connectivity index (χ3v) is 12.3. The van der Waals surface area contributed by atoms with E-state index in [0.717, 1.165) is 59.0 Å². The summed E-state index contributed by atoms with van der Waals surface area (Å²) in [5, 5.41) is 10.6. The summed E-state index contributed by atoms with van der Waals surface area (Å²) >= 11 is 7.16. The zero-order valence-electron chi connectivity index (χ0n) is 25.8. The van der Waals surface area contributed by atoms with Gasteiger partial charge in [-0.2, -0.15) is 5.26 Å². The molecule has 1 saturated carbocycles. The molecule has 0 unspecified atom stereocenters. The summed E-state index contributed by atoms with van der Waals surface area (Å²) in [5.41, 5.74) is 4.14. The van der Waals surface area contributed by atoms with Crippen molar-refractivity contribution in [1.29, 1.82) is 5.26 Å². The lowest BCUT2D eigenvalue weighted by molar-refractivity contribution is 0.0177. The Morgan fingerprint density at radius 1 is 1.11 bits per heavy atom. The maximum absolute atomic E-state index is 13.9. The van der Waals surface area contributed by atoms with Gasteiger partial charge in [0, 0.05) is 37.5 Å². The molecule has 0 atom stereocenters. The normalized spacial score (nSPS) is 18.2. The lowest BCUT2D eigenvalue weighted by Gasteiger charge is -2.52. The Balaban J connectivity index is 1.46. The van der Waals surface area contributed by atoms with Gasteiger partial charge in [-0.05, 0) is 67.6 Å². The first-order chi connectivity index (χ1) is 20.7. The Labute approximate surface area is 264 Å². The van der Waals surface area contributed by atoms with E-state index in [1.54, 1.807) is 34.2 Å². The van der Waals surface area contributed by atoms with Crippen LogP contribution in [0.3, 0.4) is 0 Å². The van der Waals surface area contributed by atoms with Gasteiger partial charge in [-0.1, -0.05) is 23.7 Å². The molecule has 10 nitrogen and oxygen atoms in total. The van der Waals surface area contributed by atoms with Crippen LogP contribution in [0.1, 0.15) is 37.3 Å². The number of hydrogen-bond acceptors (Lipinski definition) is 6. The van der Waals surface area contributed by atoms with E-state index >= 15 is 0 Å². The quantitative estimate of drug-likeness (QED) is 0.248. The number of fused-ring (bicyclic) bond motifs is 3. The minimum Gasteiger partial charge on any atom is -0.360 e. The lowest BCUT2D eigenvalue weighted by atomic mass is 9.68. The monoisotopic (exact) mass is 658 g/mol. The zero-order valence-corrected chi connectivity index (χ0v) is 28.2. The van der Waals surface area contributed by atoms with Crippen LogP contribution in [-0.4, -0.2) is 81.9 Å². The SMILES string of the molecule is Cn1c(=O)n(C2CCC3(CC2)CN(S(C)(=O)=O)C3)c2c3c(-c4ccc(C#N)cc4)c(Cl)n(COCCS(C)(C)C)c3ncc21. The van der Waals surface area contributed by atoms with Crippen LogP contribution < -0.4 is 5.69 Å². The maximum Gasteiger partial charge on any atom is 0.329 e. The second-order valence-electron chi connectivity index (χ2n) is 13.3. The first-order valence-electron chi connectivity index (χ1n) is 14.7. The first-order valence-corrected chi connectivity index (χ1v) is 20.0. The highest BCUT2D eigenvalue weighted by Gasteiger charge is 2.48. The Morgan fingerprint density at radius 3 is 2.36 bits per heavy atom. The van der Waals surface area contributed by atoms with Crippen LogP contribution in [0.15, 0.2) is 35.3 Å². The number of imidazole rings is 1. The number of halogens is 1. The zero-order chi connectivity index (χ0) is 31.6. The smallest absolute Gasteiger partial charge is 0.329 e. The Hall–Kier alpha value is -2.82. The van der Waals surface area contributed by atoms with Crippen molar-refractivity contribution in [2.24, 2.45) is 12.5 Å². The largest absolute Gasteiger partial charge is 0.360 e. The van der Waals surface area contributed by atoms with E-state index in [4.69, 9.17) is 21.3 Å². The fraction of sp³-hybridized carbons (Fsp3) is 0.516. The molecule has 1 aliphatic carbocycles. The standard InChI is InChI=1S/C31H39ClN6O4S2/c1-35-24-17-34-29-26(27(24)38(30(35)39)23-10-12-31(13-11-23)18-36(19-31)44(5,40)41)25(22-8-6-21(16-33)7-9-22)28(32)37(29)20-42-14-15-43(2,3)4/h6-9,17,23H,10-15,18-20H2,1-5H3. The molecule has 4 heterocycles. The molecule has 0 bridgehead atoms. The van der Waals surface area contributed by atoms with Gasteiger partial charge >= 0.3 is 5.69 Å². The average Bonchev–Trinajstić information content (AvgIpc) is 3.38. The fourth-order valence-corrected chi connectivity index (χ4v) is 8.69. The number of rotatable bonds is 8. The lowest BCUT2D eigenvalue weighted by Crippen LogP contribution is -2.59. The number of nitriles is 1. The van der Waals surface area contributed by atoms with Crippen molar-refractivity contribution < 1.29 is 13.2 Å². The third-order valence-electron chi connectivity index (χ3n) is 9.29. The average molecular weight is 659 g/mol. The second kappa shape index (κ2) is 11.2. The van der Waals surface area contributed by atoms with Crippen LogP contribution >= 0.6 is 21.6 Å². The van der Waals surface area contributed by atoms with Crippen molar-refractivity contribution in [3.63, 3.8) is 0 Å². The number of nitrogens with zero attached hydrogens (tertiary/aromatic N) is 6. The summed E-state index contributed by atoms with van der Waals surface area (Å²) in [4.78, 5) is 18.7. The van der Waals surface area contributed by atoms with Gasteiger partial charge < -0.3 is 4.74 Å². The molecular formula is C31H39ClN6O4S2. The highest BCUT2D eigenvalue weighted by molar-refractivity contribution is 8.32. The molecule has 13 heteroatoms. The predicted octanol–water partition coefficient (Wildman–Crippen LogP) is 4.93. The number of aromatic nitrogens is 4. The van der Waals surface area contributed by atoms with Crippen molar-refractivity contribution in [2.45, 2.75) is 38.5 Å². The van der Waals surface area contributed by atoms with Gasteiger partial charge in [0.15, 0.2) is 0 Å². The van der Waals surface area contributed by atoms with Crippen LogP contribution in [-0.2, 0) is 28.5 Å². The van der Waals surface area contributed by atoms with Gasteiger partial charge in [0.1, 0.15) is 17.5 Å². The maximum atomic E-state index is 13.9. The number of pyridine rings is 1. The van der Waals surface area contributed by atoms with E-state index < -0.39 is 20.1 Å². The topological polar surface area (TPSA) is 115 Å². The molecule has 0 radical (unpaired) electrons. The molecule has 3 aromatic heterocycles. The number of aryl methyl sites for hydroxylation is 1. The molecule has 2 fully saturated rings. The molecule has 1 aliphatic heterocycles. The first kappa shape index (κ1) is 31.2. The van der Waals surface area contributed by atoms with Crippen molar-refractivity contribution >= 4 is 53.7 Å². The molecule has 2 aliphatic rings. The number of benzene rings is 1. The van der Waals surface area contributed by atoms with E-state index in [9.17, 15) is 18.5 Å². The number of hydrogen-bond donors (Lipinski definition) is 0. The van der Waals surface area contributed by atoms with Gasteiger partial charge in [0.25, 0.3) is 0 Å². The summed E-state index contributed by atoms with van der Waals surface area (Å²) in [6, 6.07) is 9.42. The predicted molar refractivity (Wildman–Crippen MR) is 178 cm³/mol. The van der Waals surface area contributed by atoms with Crippen LogP contribution in [0.25, 0.3) is 33.2 Å². The Kier molecular flexibility index (Phi) is 7.94. The molecule has 6 rings (SSSR count). The van der Waals surface area contributed by atoms with Crippen molar-refractivity contribution in [2.75, 3.05) is 50.5 Å². The van der Waals surface area contributed by atoms with Gasteiger partial charge in [0.05, 0.1) is 47.1 Å². The molecule has 236 valence electrons. The van der Waals surface area contributed by atoms with E-state index in [1.165, 1.54) is 6.26 Å². The molecule has 1 spiro atoms. The van der Waals surface area contributed by atoms with Crippen molar-refractivity contribution in [1.82, 2.24) is 23.0 Å². The molecule has 44 heavy (non-hydrogen) atoms. The van der Waals surface area contributed by atoms with E-state index in [0.29, 0.717) is 36.1 Å². The molecule has 4 aromatic rings. The van der Waals surface area contributed by atoms with Crippen LogP contribution in [0, 0.1) is 16.7 Å². The number of sulfonamides is 1. The van der Waals surface area contributed by atoms with E-state index in [-0.39, 0.29) is 23.9 Å². The van der Waals surface area contributed by atoms with Crippen molar-refractivity contribution in [3.05, 3.63) is 51.7 Å². The van der Waals surface area contributed by atoms with Crippen LogP contribution in [0.2, 0.25) is 5.15 Å². The summed E-state index contributed by atoms with van der Waals surface area (Å²) in [6.07, 6.45) is 13.0. The fourth-order valence-electron chi connectivity index (χ4n) is 6.72. The summed E-state index contributed by atoms with van der Waals surface area (Å²) < 4.78 is 37.1. The highest BCUT2D eigenvalue weighted by atomic mass is 35.5. The Morgan fingerprint density at radius 2 is 1.77 bits per heavy atom. The summed E-state index contributed by atoms with van der Waals surface area (Å²) in [7, 11) is -2.14. The van der Waals surface area contributed by atoms with Gasteiger partial charge in [-0.25, -0.2) is 32.5 Å². The second-order valence-corrected chi connectivity index (χ2v) is 20.2. The van der Waals surface area contributed by atoms with Crippen molar-refractivity contribution in [3.8, 4) is 17.2 Å². The van der Waals surface area contributed by atoms with Crippen LogP contribution in [0.4, 0.5) is 0 Å². The highest BCUT2D eigenvalue weighted by Crippen LogP contribution is 2.49. The minimum atomic E-state index is -3.19. The van der Waals surface area contributed by atoms with Gasteiger partial charge in [0.2, 0.25) is 10.0 Å². The molecule has 1 saturated heterocycles. The third kappa shape index (κ3) is 5.47. The van der Waals surface area contributed by atoms with E-state index in [1.807, 2.05) is 21.3 Å². The summed E-state index contributed by atoms with van der Waals surface area (Å²) in [6.45, 7) is 1.92. The molecule has 0 N–H and O–H groups in total.